The van der Waals surface area contributed by atoms with Gasteiger partial charge in [0.25, 0.3) is 0 Å². The number of carbonyl (C=O) groups excluding carboxylic acids is 1. The van der Waals surface area contributed by atoms with E-state index in [1.165, 1.54) is 9.87 Å². The van der Waals surface area contributed by atoms with Crippen molar-refractivity contribution in [2.45, 2.75) is 38.6 Å². The molecule has 0 saturated heterocycles. The zero-order valence-corrected chi connectivity index (χ0v) is 18.9. The molecule has 162 valence electrons. The summed E-state index contributed by atoms with van der Waals surface area (Å²) in [7, 11) is -3.88. The first-order valence-electron chi connectivity index (χ1n) is 10.3. The van der Waals surface area contributed by atoms with E-state index in [1.54, 1.807) is 19.1 Å². The van der Waals surface area contributed by atoms with Crippen LogP contribution in [0.4, 0.5) is 5.69 Å². The Morgan fingerprint density at radius 3 is 2.23 bits per heavy atom. The molecule has 0 atom stereocenters. The minimum Gasteiger partial charge on any atom is -0.325 e. The number of aryl methyl sites for hydroxylation is 3. The van der Waals surface area contributed by atoms with E-state index >= 15 is 0 Å². The van der Waals surface area contributed by atoms with Crippen LogP contribution < -0.4 is 5.32 Å². The van der Waals surface area contributed by atoms with Crippen molar-refractivity contribution in [1.82, 2.24) is 4.31 Å². The van der Waals surface area contributed by atoms with Crippen molar-refractivity contribution in [3.05, 3.63) is 95.1 Å². The smallest absolute Gasteiger partial charge is 0.244 e. The van der Waals surface area contributed by atoms with Crippen molar-refractivity contribution < 1.29 is 13.2 Å². The van der Waals surface area contributed by atoms with E-state index in [1.807, 2.05) is 67.6 Å². The summed E-state index contributed by atoms with van der Waals surface area (Å²) in [6.07, 6.45) is 0.910. The van der Waals surface area contributed by atoms with Crippen molar-refractivity contribution in [2.24, 2.45) is 0 Å². The van der Waals surface area contributed by atoms with Gasteiger partial charge in [0.1, 0.15) is 0 Å². The number of carbonyl (C=O) groups is 1. The highest BCUT2D eigenvalue weighted by atomic mass is 32.2. The molecule has 0 aliphatic carbocycles. The lowest BCUT2D eigenvalue weighted by Gasteiger charge is -2.23. The van der Waals surface area contributed by atoms with Crippen LogP contribution in [-0.2, 0) is 27.8 Å². The van der Waals surface area contributed by atoms with Crippen LogP contribution in [-0.4, -0.2) is 25.2 Å². The van der Waals surface area contributed by atoms with Gasteiger partial charge in [-0.2, -0.15) is 4.31 Å². The Kier molecular flexibility index (Phi) is 7.25. The standard InChI is InChI=1S/C25H28N2O3S/c1-4-21-12-14-23(15-13-21)26-25(28)18-27(17-22-8-6-5-7-9-22)31(29,30)24-16-19(2)10-11-20(24)3/h5-16H,4,17-18H2,1-3H3,(H,26,28). The third kappa shape index (κ3) is 5.81. The highest BCUT2D eigenvalue weighted by Gasteiger charge is 2.28. The molecule has 3 aromatic rings. The molecule has 31 heavy (non-hydrogen) atoms. The van der Waals surface area contributed by atoms with Crippen LogP contribution in [0, 0.1) is 13.8 Å². The minimum absolute atomic E-state index is 0.110. The quantitative estimate of drug-likeness (QED) is 0.557. The van der Waals surface area contributed by atoms with Gasteiger partial charge in [-0.25, -0.2) is 8.42 Å². The lowest BCUT2D eigenvalue weighted by Crippen LogP contribution is -2.37. The number of nitrogens with one attached hydrogen (secondary N) is 1. The monoisotopic (exact) mass is 436 g/mol. The summed E-state index contributed by atoms with van der Waals surface area (Å²) in [6, 6.07) is 22.2. The molecule has 0 fully saturated rings. The first-order chi connectivity index (χ1) is 14.8. The van der Waals surface area contributed by atoms with E-state index in [-0.39, 0.29) is 23.9 Å². The van der Waals surface area contributed by atoms with Crippen LogP contribution in [0.5, 0.6) is 0 Å². The largest absolute Gasteiger partial charge is 0.325 e. The number of anilines is 1. The number of benzene rings is 3. The fraction of sp³-hybridized carbons (Fsp3) is 0.240. The van der Waals surface area contributed by atoms with Crippen molar-refractivity contribution in [3.63, 3.8) is 0 Å². The van der Waals surface area contributed by atoms with Gasteiger partial charge >= 0.3 is 0 Å². The van der Waals surface area contributed by atoms with Crippen molar-refractivity contribution in [2.75, 3.05) is 11.9 Å². The molecular formula is C25H28N2O3S. The molecule has 1 N–H and O–H groups in total. The average Bonchev–Trinajstić information content (AvgIpc) is 2.76. The number of sulfonamides is 1. The van der Waals surface area contributed by atoms with Crippen LogP contribution >= 0.6 is 0 Å². The molecule has 0 saturated carbocycles. The fourth-order valence-electron chi connectivity index (χ4n) is 3.32. The molecule has 5 nitrogen and oxygen atoms in total. The molecule has 0 aliphatic heterocycles. The van der Waals surface area contributed by atoms with Gasteiger partial charge in [0.15, 0.2) is 0 Å². The Balaban J connectivity index is 1.88. The maximum absolute atomic E-state index is 13.5. The second kappa shape index (κ2) is 9.90. The third-order valence-electron chi connectivity index (χ3n) is 5.13. The van der Waals surface area contributed by atoms with Crippen molar-refractivity contribution in [1.29, 1.82) is 0 Å². The lowest BCUT2D eigenvalue weighted by molar-refractivity contribution is -0.116. The molecule has 0 heterocycles. The summed E-state index contributed by atoms with van der Waals surface area (Å²) in [4.78, 5) is 13.0. The highest BCUT2D eigenvalue weighted by Crippen LogP contribution is 2.23. The van der Waals surface area contributed by atoms with Gasteiger partial charge in [-0.05, 0) is 60.7 Å². The molecule has 0 unspecified atom stereocenters. The van der Waals surface area contributed by atoms with Crippen LogP contribution in [0.2, 0.25) is 0 Å². The van der Waals surface area contributed by atoms with Gasteiger partial charge in [0.05, 0.1) is 11.4 Å². The molecule has 0 aliphatic rings. The van der Waals surface area contributed by atoms with Gasteiger partial charge in [-0.15, -0.1) is 0 Å². The molecule has 3 rings (SSSR count). The normalized spacial score (nSPS) is 11.5. The Morgan fingerprint density at radius 1 is 0.903 bits per heavy atom. The number of rotatable bonds is 8. The van der Waals surface area contributed by atoms with Crippen LogP contribution in [0.15, 0.2) is 77.7 Å². The third-order valence-corrected chi connectivity index (χ3v) is 7.06. The van der Waals surface area contributed by atoms with Crippen LogP contribution in [0.1, 0.15) is 29.2 Å². The Hall–Kier alpha value is -2.96. The minimum atomic E-state index is -3.88. The summed E-state index contributed by atoms with van der Waals surface area (Å²) in [5, 5.41) is 2.81. The maximum Gasteiger partial charge on any atom is 0.244 e. The topological polar surface area (TPSA) is 66.5 Å². The zero-order valence-electron chi connectivity index (χ0n) is 18.1. The Bertz CT molecular complexity index is 1140. The molecule has 1 amide bonds. The molecule has 3 aromatic carbocycles. The summed E-state index contributed by atoms with van der Waals surface area (Å²) >= 11 is 0. The Morgan fingerprint density at radius 2 is 1.58 bits per heavy atom. The zero-order chi connectivity index (χ0) is 22.4. The van der Waals surface area contributed by atoms with Gasteiger partial charge in [-0.1, -0.05) is 61.5 Å². The average molecular weight is 437 g/mol. The first kappa shape index (κ1) is 22.7. The molecule has 0 aromatic heterocycles. The van der Waals surface area contributed by atoms with E-state index in [0.29, 0.717) is 11.3 Å². The van der Waals surface area contributed by atoms with Crippen LogP contribution in [0.3, 0.4) is 0 Å². The molecular weight excluding hydrogens is 408 g/mol. The van der Waals surface area contributed by atoms with E-state index < -0.39 is 10.0 Å². The summed E-state index contributed by atoms with van der Waals surface area (Å²) in [5.41, 5.74) is 4.13. The van der Waals surface area contributed by atoms with Gasteiger partial charge in [-0.3, -0.25) is 4.79 Å². The number of amides is 1. The summed E-state index contributed by atoms with van der Waals surface area (Å²) in [5.74, 6) is -0.380. The summed E-state index contributed by atoms with van der Waals surface area (Å²) in [6.45, 7) is 5.51. The van der Waals surface area contributed by atoms with E-state index in [0.717, 1.165) is 17.5 Å². The van der Waals surface area contributed by atoms with Gasteiger partial charge < -0.3 is 5.32 Å². The van der Waals surface area contributed by atoms with Crippen molar-refractivity contribution >= 4 is 21.6 Å². The number of nitrogens with zero attached hydrogens (tertiary/aromatic N) is 1. The number of hydrogen-bond acceptors (Lipinski definition) is 3. The second-order valence-corrected chi connectivity index (χ2v) is 9.53. The molecule has 0 radical (unpaired) electrons. The highest BCUT2D eigenvalue weighted by molar-refractivity contribution is 7.89. The van der Waals surface area contributed by atoms with Crippen molar-refractivity contribution in [3.8, 4) is 0 Å². The SMILES string of the molecule is CCc1ccc(NC(=O)CN(Cc2ccccc2)S(=O)(=O)c2cc(C)ccc2C)cc1. The maximum atomic E-state index is 13.5. The fourth-order valence-corrected chi connectivity index (χ4v) is 5.02. The first-order valence-corrected chi connectivity index (χ1v) is 11.7. The molecule has 0 spiro atoms. The van der Waals surface area contributed by atoms with E-state index in [9.17, 15) is 13.2 Å². The van der Waals surface area contributed by atoms with E-state index in [2.05, 4.69) is 12.2 Å². The van der Waals surface area contributed by atoms with Gasteiger partial charge in [0.2, 0.25) is 15.9 Å². The molecule has 6 heteroatoms. The number of hydrogen-bond donors (Lipinski definition) is 1. The van der Waals surface area contributed by atoms with Crippen LogP contribution in [0.25, 0.3) is 0 Å². The summed E-state index contributed by atoms with van der Waals surface area (Å²) < 4.78 is 28.3. The van der Waals surface area contributed by atoms with E-state index in [4.69, 9.17) is 0 Å². The Labute approximate surface area is 184 Å². The lowest BCUT2D eigenvalue weighted by atomic mass is 10.1. The predicted octanol–water partition coefficient (Wildman–Crippen LogP) is 4.70. The predicted molar refractivity (Wildman–Crippen MR) is 124 cm³/mol. The second-order valence-electron chi connectivity index (χ2n) is 7.63. The molecule has 0 bridgehead atoms. The van der Waals surface area contributed by atoms with Gasteiger partial charge in [0, 0.05) is 12.2 Å².